The molecule has 0 saturated carbocycles. The van der Waals surface area contributed by atoms with Gasteiger partial charge in [-0.2, -0.15) is 4.31 Å². The Morgan fingerprint density at radius 2 is 2.04 bits per heavy atom. The lowest BCUT2D eigenvalue weighted by atomic mass is 9.77. The van der Waals surface area contributed by atoms with Crippen LogP contribution in [-0.4, -0.2) is 49.6 Å². The van der Waals surface area contributed by atoms with Gasteiger partial charge in [0.15, 0.2) is 0 Å². The van der Waals surface area contributed by atoms with E-state index in [1.165, 1.54) is 29.4 Å². The molecule has 1 aromatic carbocycles. The standard InChI is InChI=1S/C18H26N2O2S/c1-13-5-6-14-7-9-19-12-15-4-3-8-20(23(2,21)22)17(15)11-18(19)16(14)10-13/h5-6,10,15,17-18H,3-4,7-9,11-12H2,1-2H3/t15-,17+,18+/m1/s1. The number of piperidine rings is 2. The summed E-state index contributed by atoms with van der Waals surface area (Å²) in [4.78, 5) is 2.61. The van der Waals surface area contributed by atoms with Crippen LogP contribution >= 0.6 is 0 Å². The lowest BCUT2D eigenvalue weighted by Gasteiger charge is -2.51. The van der Waals surface area contributed by atoms with Crippen molar-refractivity contribution in [1.82, 2.24) is 9.21 Å². The Bertz CT molecular complexity index is 716. The fourth-order valence-electron chi connectivity index (χ4n) is 4.93. The topological polar surface area (TPSA) is 40.6 Å². The maximum absolute atomic E-state index is 12.2. The highest BCUT2D eigenvalue weighted by Crippen LogP contribution is 2.43. The van der Waals surface area contributed by atoms with Crippen molar-refractivity contribution in [2.45, 2.75) is 44.7 Å². The van der Waals surface area contributed by atoms with Gasteiger partial charge < -0.3 is 0 Å². The van der Waals surface area contributed by atoms with Crippen molar-refractivity contribution in [3.63, 3.8) is 0 Å². The van der Waals surface area contributed by atoms with E-state index in [4.69, 9.17) is 0 Å². The highest BCUT2D eigenvalue weighted by atomic mass is 32.2. The summed E-state index contributed by atoms with van der Waals surface area (Å²) >= 11 is 0. The zero-order valence-corrected chi connectivity index (χ0v) is 14.8. The summed E-state index contributed by atoms with van der Waals surface area (Å²) in [5, 5.41) is 0. The minimum atomic E-state index is -3.10. The van der Waals surface area contributed by atoms with Crippen LogP contribution in [0, 0.1) is 12.8 Å². The summed E-state index contributed by atoms with van der Waals surface area (Å²) in [6.07, 6.45) is 5.62. The summed E-state index contributed by atoms with van der Waals surface area (Å²) in [5.41, 5.74) is 4.20. The Labute approximate surface area is 139 Å². The van der Waals surface area contributed by atoms with Crippen LogP contribution in [0.15, 0.2) is 18.2 Å². The van der Waals surface area contributed by atoms with Crippen LogP contribution in [0.3, 0.4) is 0 Å². The molecule has 0 unspecified atom stereocenters. The van der Waals surface area contributed by atoms with Crippen LogP contribution in [0.4, 0.5) is 0 Å². The Morgan fingerprint density at radius 1 is 1.22 bits per heavy atom. The minimum Gasteiger partial charge on any atom is -0.296 e. The number of fused-ring (bicyclic) bond motifs is 4. The molecule has 0 N–H and O–H groups in total. The van der Waals surface area contributed by atoms with Crippen molar-refractivity contribution in [3.05, 3.63) is 34.9 Å². The molecule has 2 fully saturated rings. The molecular formula is C18H26N2O2S. The van der Waals surface area contributed by atoms with Gasteiger partial charge in [0, 0.05) is 31.7 Å². The SMILES string of the molecule is Cc1ccc2c(c1)[C@@H]1C[C@H]3[C@H](CCCN3S(C)(=O)=O)CN1CC2. The summed E-state index contributed by atoms with van der Waals surface area (Å²) in [6, 6.07) is 7.36. The number of aryl methyl sites for hydroxylation is 1. The zero-order chi connectivity index (χ0) is 16.2. The van der Waals surface area contributed by atoms with Gasteiger partial charge in [0.1, 0.15) is 0 Å². The number of rotatable bonds is 1. The number of hydrogen-bond donors (Lipinski definition) is 0. The molecule has 126 valence electrons. The molecule has 3 aliphatic rings. The average Bonchev–Trinajstić information content (AvgIpc) is 2.51. The van der Waals surface area contributed by atoms with Gasteiger partial charge in [-0.1, -0.05) is 23.8 Å². The molecule has 0 bridgehead atoms. The van der Waals surface area contributed by atoms with E-state index in [2.05, 4.69) is 30.0 Å². The second-order valence-electron chi connectivity index (χ2n) is 7.54. The van der Waals surface area contributed by atoms with Crippen molar-refractivity contribution >= 4 is 10.0 Å². The van der Waals surface area contributed by atoms with E-state index in [9.17, 15) is 8.42 Å². The molecule has 4 nitrogen and oxygen atoms in total. The van der Waals surface area contributed by atoms with E-state index in [1.807, 2.05) is 0 Å². The lowest BCUT2D eigenvalue weighted by molar-refractivity contribution is 0.0222. The fourth-order valence-corrected chi connectivity index (χ4v) is 6.14. The molecule has 1 aromatic rings. The van der Waals surface area contributed by atoms with E-state index in [0.29, 0.717) is 18.5 Å². The molecule has 0 spiro atoms. The molecule has 4 rings (SSSR count). The van der Waals surface area contributed by atoms with Crippen LogP contribution in [0.25, 0.3) is 0 Å². The summed E-state index contributed by atoms with van der Waals surface area (Å²) in [7, 11) is -3.10. The number of sulfonamides is 1. The van der Waals surface area contributed by atoms with Crippen molar-refractivity contribution < 1.29 is 8.42 Å². The Morgan fingerprint density at radius 3 is 2.83 bits per heavy atom. The predicted molar refractivity (Wildman–Crippen MR) is 91.9 cm³/mol. The van der Waals surface area contributed by atoms with Gasteiger partial charge >= 0.3 is 0 Å². The van der Waals surface area contributed by atoms with E-state index in [-0.39, 0.29) is 6.04 Å². The van der Waals surface area contributed by atoms with E-state index in [0.717, 1.165) is 32.4 Å². The van der Waals surface area contributed by atoms with Crippen LogP contribution in [0.2, 0.25) is 0 Å². The van der Waals surface area contributed by atoms with Gasteiger partial charge in [-0.05, 0) is 49.7 Å². The zero-order valence-electron chi connectivity index (χ0n) is 14.0. The molecule has 5 heteroatoms. The molecule has 3 heterocycles. The third-order valence-electron chi connectivity index (χ3n) is 6.00. The smallest absolute Gasteiger partial charge is 0.211 e. The Kier molecular flexibility index (Phi) is 3.78. The molecule has 2 saturated heterocycles. The fraction of sp³-hybridized carbons (Fsp3) is 0.667. The predicted octanol–water partition coefficient (Wildman–Crippen LogP) is 2.34. The first-order valence-electron chi connectivity index (χ1n) is 8.74. The molecule has 0 aromatic heterocycles. The third kappa shape index (κ3) is 2.73. The Balaban J connectivity index is 1.69. The second-order valence-corrected chi connectivity index (χ2v) is 9.48. The first-order chi connectivity index (χ1) is 10.9. The summed E-state index contributed by atoms with van der Waals surface area (Å²) < 4.78 is 26.2. The highest BCUT2D eigenvalue weighted by Gasteiger charge is 2.44. The maximum Gasteiger partial charge on any atom is 0.211 e. The summed E-state index contributed by atoms with van der Waals surface area (Å²) in [5.74, 6) is 0.501. The van der Waals surface area contributed by atoms with Crippen molar-refractivity contribution in [2.75, 3.05) is 25.9 Å². The van der Waals surface area contributed by atoms with Crippen LogP contribution in [-0.2, 0) is 16.4 Å². The Hall–Kier alpha value is -0.910. The summed E-state index contributed by atoms with van der Waals surface area (Å²) in [6.45, 7) is 5.01. The van der Waals surface area contributed by atoms with Gasteiger partial charge in [0.05, 0.1) is 6.26 Å². The molecule has 0 radical (unpaired) electrons. The highest BCUT2D eigenvalue weighted by molar-refractivity contribution is 7.88. The quantitative estimate of drug-likeness (QED) is 0.791. The number of hydrogen-bond acceptors (Lipinski definition) is 3. The third-order valence-corrected chi connectivity index (χ3v) is 7.30. The molecular weight excluding hydrogens is 308 g/mol. The first kappa shape index (κ1) is 15.6. The van der Waals surface area contributed by atoms with Gasteiger partial charge in [0.25, 0.3) is 0 Å². The molecule has 3 atom stereocenters. The maximum atomic E-state index is 12.2. The van der Waals surface area contributed by atoms with E-state index in [1.54, 1.807) is 4.31 Å². The van der Waals surface area contributed by atoms with Crippen molar-refractivity contribution in [3.8, 4) is 0 Å². The molecule has 23 heavy (non-hydrogen) atoms. The first-order valence-corrected chi connectivity index (χ1v) is 10.6. The van der Waals surface area contributed by atoms with Gasteiger partial charge in [-0.25, -0.2) is 8.42 Å². The lowest BCUT2D eigenvalue weighted by Crippen LogP contribution is -2.57. The van der Waals surface area contributed by atoms with Crippen molar-refractivity contribution in [1.29, 1.82) is 0 Å². The average molecular weight is 334 g/mol. The van der Waals surface area contributed by atoms with E-state index < -0.39 is 10.0 Å². The monoisotopic (exact) mass is 334 g/mol. The van der Waals surface area contributed by atoms with Crippen LogP contribution in [0.5, 0.6) is 0 Å². The number of benzene rings is 1. The molecule has 0 aliphatic carbocycles. The van der Waals surface area contributed by atoms with Crippen molar-refractivity contribution in [2.24, 2.45) is 5.92 Å². The number of nitrogens with zero attached hydrogens (tertiary/aromatic N) is 2. The van der Waals surface area contributed by atoms with Gasteiger partial charge in [-0.3, -0.25) is 4.90 Å². The van der Waals surface area contributed by atoms with E-state index >= 15 is 0 Å². The minimum absolute atomic E-state index is 0.187. The molecule has 0 amide bonds. The second kappa shape index (κ2) is 5.57. The van der Waals surface area contributed by atoms with Gasteiger partial charge in [-0.15, -0.1) is 0 Å². The largest absolute Gasteiger partial charge is 0.296 e. The van der Waals surface area contributed by atoms with Gasteiger partial charge in [0.2, 0.25) is 10.0 Å². The van der Waals surface area contributed by atoms with Crippen LogP contribution in [0.1, 0.15) is 42.0 Å². The molecule has 3 aliphatic heterocycles. The normalized spacial score (nSPS) is 32.0. The van der Waals surface area contributed by atoms with Crippen LogP contribution < -0.4 is 0 Å².